The van der Waals surface area contributed by atoms with E-state index in [1.165, 1.54) is 0 Å². The van der Waals surface area contributed by atoms with Gasteiger partial charge in [0, 0.05) is 5.56 Å². The van der Waals surface area contributed by atoms with Gasteiger partial charge in [0.2, 0.25) is 11.6 Å². The Morgan fingerprint density at radius 1 is 0.469 bits per heavy atom. The Bertz CT molecular complexity index is 1410. The summed E-state index contributed by atoms with van der Waals surface area (Å²) in [7, 11) is 0.958. The Kier molecular flexibility index (Phi) is 4.82. The van der Waals surface area contributed by atoms with Crippen molar-refractivity contribution in [3.8, 4) is 28.0 Å². The summed E-state index contributed by atoms with van der Waals surface area (Å²) in [5.74, 6) is -7.21. The molecule has 0 unspecified atom stereocenters. The van der Waals surface area contributed by atoms with Crippen LogP contribution in [0, 0.1) is 23.3 Å². The van der Waals surface area contributed by atoms with Gasteiger partial charge >= 0.3 is 0 Å². The van der Waals surface area contributed by atoms with Gasteiger partial charge in [-0.2, -0.15) is 8.78 Å². The predicted molar refractivity (Wildman–Crippen MR) is 119 cm³/mol. The zero-order valence-corrected chi connectivity index (χ0v) is 16.9. The highest BCUT2D eigenvalue weighted by atomic mass is 19.2. The molecule has 0 bridgehead atoms. The van der Waals surface area contributed by atoms with Crippen LogP contribution in [0.3, 0.4) is 0 Å². The van der Waals surface area contributed by atoms with E-state index in [0.717, 1.165) is 18.2 Å². The molecule has 32 heavy (non-hydrogen) atoms. The summed E-state index contributed by atoms with van der Waals surface area (Å²) >= 11 is 0. The molecule has 0 heterocycles. The van der Waals surface area contributed by atoms with Crippen molar-refractivity contribution in [2.45, 2.75) is 0 Å². The third-order valence-electron chi connectivity index (χ3n) is 5.67. The molecule has 5 heteroatoms. The molecular weight excluding hydrogens is 416 g/mol. The summed E-state index contributed by atoms with van der Waals surface area (Å²) in [5.41, 5.74) is 1.12. The molecule has 5 rings (SSSR count). The van der Waals surface area contributed by atoms with E-state index in [-0.39, 0.29) is 5.56 Å². The van der Waals surface area contributed by atoms with Crippen molar-refractivity contribution < 1.29 is 22.3 Å². The third kappa shape index (κ3) is 2.85. The van der Waals surface area contributed by atoms with Crippen LogP contribution >= 0.6 is 0 Å². The van der Waals surface area contributed by atoms with Crippen LogP contribution in [0.5, 0.6) is 5.75 Å². The van der Waals surface area contributed by atoms with E-state index in [2.05, 4.69) is 4.74 Å². The molecule has 0 aliphatic heterocycles. The van der Waals surface area contributed by atoms with Crippen molar-refractivity contribution in [1.29, 1.82) is 0 Å². The Morgan fingerprint density at radius 2 is 0.875 bits per heavy atom. The number of hydrogen-bond donors (Lipinski definition) is 0. The summed E-state index contributed by atoms with van der Waals surface area (Å²) in [4.78, 5) is 0. The minimum atomic E-state index is -1.57. The van der Waals surface area contributed by atoms with Gasteiger partial charge < -0.3 is 4.74 Å². The molecular formula is C27H16F4O. The lowest BCUT2D eigenvalue weighted by molar-refractivity contribution is 0.334. The standard InChI is InChI=1S/C27H16F4O/c1-32-27-25(30)23(28)22(24(29)26(27)31)21-18-13-7-5-11-16(18)20(15-9-3-2-4-10-15)17-12-6-8-14-19(17)21/h2-14H,1H3. The molecule has 0 N–H and O–H groups in total. The van der Waals surface area contributed by atoms with Crippen LogP contribution in [0.1, 0.15) is 0 Å². The van der Waals surface area contributed by atoms with E-state index in [9.17, 15) is 8.78 Å². The Labute approximate surface area is 181 Å². The van der Waals surface area contributed by atoms with Crippen LogP contribution in [-0.2, 0) is 0 Å². The maximum atomic E-state index is 15.2. The van der Waals surface area contributed by atoms with Gasteiger partial charge in [-0.05, 0) is 32.7 Å². The highest BCUT2D eigenvalue weighted by Crippen LogP contribution is 2.46. The van der Waals surface area contributed by atoms with Gasteiger partial charge in [0.05, 0.1) is 12.7 Å². The zero-order valence-electron chi connectivity index (χ0n) is 16.9. The fourth-order valence-corrected chi connectivity index (χ4v) is 4.32. The first kappa shape index (κ1) is 20.1. The number of halogens is 4. The average Bonchev–Trinajstić information content (AvgIpc) is 2.83. The summed E-state index contributed by atoms with van der Waals surface area (Å²) < 4.78 is 64.2. The van der Waals surface area contributed by atoms with Gasteiger partial charge in [-0.1, -0.05) is 78.9 Å². The van der Waals surface area contributed by atoms with Gasteiger partial charge in [-0.25, -0.2) is 8.78 Å². The lowest BCUT2D eigenvalue weighted by Crippen LogP contribution is -2.04. The first-order valence-corrected chi connectivity index (χ1v) is 9.93. The molecule has 5 aromatic carbocycles. The van der Waals surface area contributed by atoms with E-state index in [0.29, 0.717) is 21.5 Å². The van der Waals surface area contributed by atoms with Crippen molar-refractivity contribution >= 4 is 21.5 Å². The highest BCUT2D eigenvalue weighted by molar-refractivity contribution is 6.21. The fourth-order valence-electron chi connectivity index (χ4n) is 4.32. The van der Waals surface area contributed by atoms with Gasteiger partial charge in [0.15, 0.2) is 17.4 Å². The van der Waals surface area contributed by atoms with E-state index in [1.807, 2.05) is 54.6 Å². The van der Waals surface area contributed by atoms with Crippen LogP contribution in [0.2, 0.25) is 0 Å². The number of benzene rings is 5. The zero-order chi connectivity index (χ0) is 22.4. The van der Waals surface area contributed by atoms with Crippen molar-refractivity contribution in [2.75, 3.05) is 7.11 Å². The second-order valence-electron chi connectivity index (χ2n) is 7.37. The molecule has 0 saturated carbocycles. The third-order valence-corrected chi connectivity index (χ3v) is 5.67. The number of methoxy groups -OCH3 is 1. The van der Waals surface area contributed by atoms with E-state index >= 15 is 8.78 Å². The molecule has 0 spiro atoms. The van der Waals surface area contributed by atoms with Crippen LogP contribution in [0.4, 0.5) is 17.6 Å². The summed E-state index contributed by atoms with van der Waals surface area (Å²) in [6.07, 6.45) is 0. The highest BCUT2D eigenvalue weighted by Gasteiger charge is 2.29. The summed E-state index contributed by atoms with van der Waals surface area (Å²) in [6.45, 7) is 0. The average molecular weight is 432 g/mol. The van der Waals surface area contributed by atoms with Crippen LogP contribution in [0.25, 0.3) is 43.8 Å². The molecule has 0 aliphatic carbocycles. The predicted octanol–water partition coefficient (Wildman–Crippen LogP) is 7.89. The van der Waals surface area contributed by atoms with Crippen LogP contribution < -0.4 is 4.74 Å². The molecule has 0 atom stereocenters. The number of hydrogen-bond acceptors (Lipinski definition) is 1. The van der Waals surface area contributed by atoms with E-state index in [1.54, 1.807) is 24.3 Å². The lowest BCUT2D eigenvalue weighted by atomic mass is 9.85. The monoisotopic (exact) mass is 432 g/mol. The van der Waals surface area contributed by atoms with Gasteiger partial charge in [-0.3, -0.25) is 0 Å². The molecule has 0 fully saturated rings. The Hall–Kier alpha value is -3.86. The first-order chi connectivity index (χ1) is 15.5. The van der Waals surface area contributed by atoms with E-state index in [4.69, 9.17) is 0 Å². The molecule has 0 aliphatic rings. The smallest absolute Gasteiger partial charge is 0.204 e. The quantitative estimate of drug-likeness (QED) is 0.160. The second kappa shape index (κ2) is 7.68. The molecule has 0 saturated heterocycles. The molecule has 1 nitrogen and oxygen atoms in total. The topological polar surface area (TPSA) is 9.23 Å². The summed E-state index contributed by atoms with van der Waals surface area (Å²) in [6, 6.07) is 23.7. The number of ether oxygens (including phenoxy) is 1. The fraction of sp³-hybridized carbons (Fsp3) is 0.0370. The van der Waals surface area contributed by atoms with Gasteiger partial charge in [-0.15, -0.1) is 0 Å². The minimum Gasteiger partial charge on any atom is -0.491 e. The first-order valence-electron chi connectivity index (χ1n) is 9.93. The molecule has 5 aromatic rings. The van der Waals surface area contributed by atoms with Crippen molar-refractivity contribution in [2.24, 2.45) is 0 Å². The second-order valence-corrected chi connectivity index (χ2v) is 7.37. The SMILES string of the molecule is COc1c(F)c(F)c(-c2c3ccccc3c(-c3ccccc3)c3ccccc23)c(F)c1F. The molecule has 158 valence electrons. The van der Waals surface area contributed by atoms with Crippen molar-refractivity contribution in [1.82, 2.24) is 0 Å². The molecule has 0 aromatic heterocycles. The largest absolute Gasteiger partial charge is 0.491 e. The minimum absolute atomic E-state index is 0.0892. The van der Waals surface area contributed by atoms with Gasteiger partial charge in [0.1, 0.15) is 0 Å². The van der Waals surface area contributed by atoms with Gasteiger partial charge in [0.25, 0.3) is 0 Å². The maximum absolute atomic E-state index is 15.2. The molecule has 0 amide bonds. The number of rotatable bonds is 3. The van der Waals surface area contributed by atoms with Crippen LogP contribution in [0.15, 0.2) is 78.9 Å². The number of fused-ring (bicyclic) bond motifs is 2. The van der Waals surface area contributed by atoms with Crippen molar-refractivity contribution in [3.05, 3.63) is 102 Å². The normalized spacial score (nSPS) is 11.3. The maximum Gasteiger partial charge on any atom is 0.204 e. The van der Waals surface area contributed by atoms with Crippen LogP contribution in [-0.4, -0.2) is 7.11 Å². The lowest BCUT2D eigenvalue weighted by Gasteiger charge is -2.19. The van der Waals surface area contributed by atoms with Crippen molar-refractivity contribution in [3.63, 3.8) is 0 Å². The Balaban J connectivity index is 2.03. The Morgan fingerprint density at radius 3 is 1.31 bits per heavy atom. The summed E-state index contributed by atoms with van der Waals surface area (Å²) in [5, 5.41) is 2.38. The van der Waals surface area contributed by atoms with E-state index < -0.39 is 34.6 Å². The molecule has 0 radical (unpaired) electrons.